The Morgan fingerprint density at radius 2 is 1.69 bits per heavy atom. The third-order valence-corrected chi connectivity index (χ3v) is 1.95. The minimum Gasteiger partial charge on any atom is -0.444 e. The standard InChI is InChI=1S/C10H10N2.HNO2.Na/c11-12-10-7-3-5-8-4-1-2-6-9(8)10;2-1-3;/h1-7,12H,11H2;(H,2,3);/q;;+1/p-1. The molecule has 0 unspecified atom stereocenters. The van der Waals surface area contributed by atoms with Gasteiger partial charge in [-0.2, -0.15) is 0 Å². The quantitative estimate of drug-likeness (QED) is 0.294. The van der Waals surface area contributed by atoms with Gasteiger partial charge in [-0.15, -0.1) is 5.34 Å². The fourth-order valence-corrected chi connectivity index (χ4v) is 1.35. The molecule has 2 rings (SSSR count). The summed E-state index contributed by atoms with van der Waals surface area (Å²) in [5.74, 6) is 5.37. The summed E-state index contributed by atoms with van der Waals surface area (Å²) in [7, 11) is 0. The smallest absolute Gasteiger partial charge is 0.444 e. The molecule has 0 saturated heterocycles. The second-order valence-electron chi connectivity index (χ2n) is 2.75. The molecule has 3 N–H and O–H groups in total. The number of nitrogens with zero attached hydrogens (tertiary/aromatic N) is 1. The summed E-state index contributed by atoms with van der Waals surface area (Å²) in [6, 6.07) is 14.1. The van der Waals surface area contributed by atoms with Crippen molar-refractivity contribution in [1.29, 1.82) is 0 Å². The van der Waals surface area contributed by atoms with E-state index >= 15 is 0 Å². The molecule has 2 aromatic rings. The molecule has 78 valence electrons. The minimum atomic E-state index is 0. The van der Waals surface area contributed by atoms with Gasteiger partial charge in [0.2, 0.25) is 0 Å². The van der Waals surface area contributed by atoms with E-state index in [9.17, 15) is 0 Å². The molecule has 0 bridgehead atoms. The van der Waals surface area contributed by atoms with Crippen molar-refractivity contribution < 1.29 is 29.6 Å². The Morgan fingerprint density at radius 3 is 2.31 bits per heavy atom. The molecule has 0 spiro atoms. The molecular weight excluding hydrogens is 217 g/mol. The third-order valence-electron chi connectivity index (χ3n) is 1.95. The van der Waals surface area contributed by atoms with Crippen molar-refractivity contribution in [3.63, 3.8) is 0 Å². The van der Waals surface area contributed by atoms with Gasteiger partial charge in [0.15, 0.2) is 0 Å². The van der Waals surface area contributed by atoms with Crippen LogP contribution >= 0.6 is 0 Å². The van der Waals surface area contributed by atoms with E-state index < -0.39 is 0 Å². The van der Waals surface area contributed by atoms with E-state index in [4.69, 9.17) is 16.0 Å². The Kier molecular flexibility index (Phi) is 7.49. The number of nitrogen functional groups attached to an aromatic ring is 1. The number of hydrogen-bond acceptors (Lipinski definition) is 5. The number of anilines is 1. The maximum atomic E-state index is 8.00. The maximum absolute atomic E-state index is 8.00. The fourth-order valence-electron chi connectivity index (χ4n) is 1.35. The third kappa shape index (κ3) is 3.79. The molecule has 0 fully saturated rings. The van der Waals surface area contributed by atoms with Crippen molar-refractivity contribution in [2.45, 2.75) is 0 Å². The van der Waals surface area contributed by atoms with E-state index in [1.54, 1.807) is 0 Å². The van der Waals surface area contributed by atoms with Crippen LogP contribution in [0, 0.1) is 10.1 Å². The number of nitrogens with two attached hydrogens (primary N) is 1. The van der Waals surface area contributed by atoms with Crippen LogP contribution in [0.15, 0.2) is 47.8 Å². The van der Waals surface area contributed by atoms with Crippen LogP contribution in [-0.4, -0.2) is 0 Å². The summed E-state index contributed by atoms with van der Waals surface area (Å²) in [6.45, 7) is 0. The average molecular weight is 227 g/mol. The molecule has 0 amide bonds. The molecule has 0 atom stereocenters. The summed E-state index contributed by atoms with van der Waals surface area (Å²) < 4.78 is 0. The zero-order valence-electron chi connectivity index (χ0n) is 8.88. The van der Waals surface area contributed by atoms with Crippen LogP contribution in [0.1, 0.15) is 0 Å². The molecule has 0 heterocycles. The van der Waals surface area contributed by atoms with Gasteiger partial charge in [-0.1, -0.05) is 36.4 Å². The number of hydrogen-bond donors (Lipinski definition) is 2. The predicted molar refractivity (Wildman–Crippen MR) is 60.9 cm³/mol. The zero-order chi connectivity index (χ0) is 11.1. The molecule has 0 aliphatic carbocycles. The van der Waals surface area contributed by atoms with Crippen molar-refractivity contribution >= 4 is 16.5 Å². The minimum absolute atomic E-state index is 0. The number of fused-ring (bicyclic) bond motifs is 1. The molecule has 0 saturated carbocycles. The van der Waals surface area contributed by atoms with Crippen LogP contribution in [0.25, 0.3) is 10.8 Å². The summed E-state index contributed by atoms with van der Waals surface area (Å²) in [5, 5.41) is 11.4. The first kappa shape index (κ1) is 14.9. The van der Waals surface area contributed by atoms with E-state index in [1.807, 2.05) is 30.3 Å². The van der Waals surface area contributed by atoms with Gasteiger partial charge >= 0.3 is 29.6 Å². The zero-order valence-corrected chi connectivity index (χ0v) is 10.9. The maximum Gasteiger partial charge on any atom is 1.00 e. The van der Waals surface area contributed by atoms with Gasteiger partial charge in [-0.05, 0) is 11.5 Å². The average Bonchev–Trinajstić information content (AvgIpc) is 2.29. The van der Waals surface area contributed by atoms with Gasteiger partial charge in [0.05, 0.1) is 5.69 Å². The first-order valence-electron chi connectivity index (χ1n) is 4.23. The normalized spacial score (nSPS) is 8.31. The van der Waals surface area contributed by atoms with Gasteiger partial charge in [0.25, 0.3) is 0 Å². The van der Waals surface area contributed by atoms with Crippen molar-refractivity contribution in [3.8, 4) is 0 Å². The van der Waals surface area contributed by atoms with Gasteiger partial charge in [0, 0.05) is 5.39 Å². The molecule has 0 aliphatic rings. The molecule has 16 heavy (non-hydrogen) atoms. The summed E-state index contributed by atoms with van der Waals surface area (Å²) in [5.41, 5.74) is 3.64. The Morgan fingerprint density at radius 1 is 1.12 bits per heavy atom. The molecule has 5 nitrogen and oxygen atoms in total. The monoisotopic (exact) mass is 227 g/mol. The van der Waals surface area contributed by atoms with Gasteiger partial charge < -0.3 is 15.5 Å². The first-order chi connectivity index (χ1) is 7.33. The Balaban J connectivity index is 0.000000511. The van der Waals surface area contributed by atoms with E-state index in [1.165, 1.54) is 5.39 Å². The van der Waals surface area contributed by atoms with E-state index in [-0.39, 0.29) is 29.6 Å². The Labute approximate surface area is 115 Å². The van der Waals surface area contributed by atoms with Gasteiger partial charge in [0.1, 0.15) is 0 Å². The fraction of sp³-hybridized carbons (Fsp3) is 0. The van der Waals surface area contributed by atoms with Crippen LogP contribution in [0.2, 0.25) is 0 Å². The summed E-state index contributed by atoms with van der Waals surface area (Å²) >= 11 is 0. The van der Waals surface area contributed by atoms with Crippen LogP contribution in [0.4, 0.5) is 5.69 Å². The topological polar surface area (TPSA) is 90.5 Å². The summed E-state index contributed by atoms with van der Waals surface area (Å²) in [4.78, 5) is 8.00. The molecular formula is C10H10N3NaO2. The predicted octanol–water partition coefficient (Wildman–Crippen LogP) is -0.620. The molecule has 6 heteroatoms. The Bertz CT molecular complexity index is 446. The molecule has 0 aromatic heterocycles. The first-order valence-corrected chi connectivity index (χ1v) is 4.23. The summed E-state index contributed by atoms with van der Waals surface area (Å²) in [6.07, 6.45) is 0. The number of nitrogens with one attached hydrogen (secondary N) is 1. The second-order valence-corrected chi connectivity index (χ2v) is 2.75. The SMILES string of the molecule is NNc1cccc2ccccc12.O=N[O-].[Na+]. The van der Waals surface area contributed by atoms with Crippen LogP contribution in [0.3, 0.4) is 0 Å². The van der Waals surface area contributed by atoms with E-state index in [0.29, 0.717) is 0 Å². The number of rotatable bonds is 1. The van der Waals surface area contributed by atoms with Crippen molar-refractivity contribution in [3.05, 3.63) is 52.6 Å². The molecule has 0 aliphatic heterocycles. The van der Waals surface area contributed by atoms with Gasteiger partial charge in [-0.25, -0.2) is 0 Å². The van der Waals surface area contributed by atoms with Crippen molar-refractivity contribution in [1.82, 2.24) is 0 Å². The van der Waals surface area contributed by atoms with Crippen LogP contribution < -0.4 is 40.8 Å². The van der Waals surface area contributed by atoms with Crippen molar-refractivity contribution in [2.75, 3.05) is 5.43 Å². The van der Waals surface area contributed by atoms with Crippen LogP contribution in [-0.2, 0) is 0 Å². The second kappa shape index (κ2) is 8.06. The Hall–Kier alpha value is -1.14. The molecule has 2 aromatic carbocycles. The molecule has 0 radical (unpaired) electrons. The van der Waals surface area contributed by atoms with E-state index in [0.717, 1.165) is 16.4 Å². The largest absolute Gasteiger partial charge is 1.00 e. The van der Waals surface area contributed by atoms with Crippen molar-refractivity contribution in [2.24, 2.45) is 11.2 Å². The number of hydrazine groups is 1. The van der Waals surface area contributed by atoms with Gasteiger partial charge in [-0.3, -0.25) is 5.84 Å². The van der Waals surface area contributed by atoms with Crippen LogP contribution in [0.5, 0.6) is 0 Å². The van der Waals surface area contributed by atoms with E-state index in [2.05, 4.69) is 17.6 Å². The number of benzene rings is 2.